The van der Waals surface area contributed by atoms with Crippen LogP contribution in [0.4, 0.5) is 4.79 Å². The lowest BCUT2D eigenvalue weighted by atomic mass is 9.98. The molecule has 1 aliphatic heterocycles. The number of likely N-dealkylation sites (tertiary alicyclic amines) is 1. The second kappa shape index (κ2) is 8.79. The summed E-state index contributed by atoms with van der Waals surface area (Å²) in [5, 5.41) is 11.6. The van der Waals surface area contributed by atoms with Crippen molar-refractivity contribution in [1.82, 2.24) is 10.2 Å². The fourth-order valence-corrected chi connectivity index (χ4v) is 4.67. The molecule has 0 bridgehead atoms. The van der Waals surface area contributed by atoms with Gasteiger partial charge in [-0.1, -0.05) is 48.5 Å². The third-order valence-corrected chi connectivity index (χ3v) is 6.12. The number of ether oxygens (including phenoxy) is 1. The molecule has 1 saturated heterocycles. The van der Waals surface area contributed by atoms with Gasteiger partial charge >= 0.3 is 12.1 Å². The van der Waals surface area contributed by atoms with Gasteiger partial charge in [-0.15, -0.1) is 0 Å². The molecular weight excluding hydrogens is 396 g/mol. The molecule has 7 heteroatoms. The average Bonchev–Trinajstić information content (AvgIpc) is 3.33. The van der Waals surface area contributed by atoms with E-state index < -0.39 is 18.1 Å². The van der Waals surface area contributed by atoms with Gasteiger partial charge in [0.25, 0.3) is 0 Å². The molecule has 2 aromatic rings. The summed E-state index contributed by atoms with van der Waals surface area (Å²) in [6.07, 6.45) is 0.692. The number of carbonyl (C=O) groups is 3. The Morgan fingerprint density at radius 3 is 2.32 bits per heavy atom. The molecule has 0 radical (unpaired) electrons. The largest absolute Gasteiger partial charge is 0.481 e. The molecule has 2 N–H and O–H groups in total. The number of carbonyl (C=O) groups excluding carboxylic acids is 2. The molecular formula is C24H26N2O5. The number of aliphatic carboxylic acids is 1. The van der Waals surface area contributed by atoms with E-state index >= 15 is 0 Å². The van der Waals surface area contributed by atoms with Crippen LogP contribution in [0.2, 0.25) is 0 Å². The highest BCUT2D eigenvalue weighted by atomic mass is 16.5. The predicted octanol–water partition coefficient (Wildman–Crippen LogP) is 3.38. The quantitative estimate of drug-likeness (QED) is 0.744. The highest BCUT2D eigenvalue weighted by molar-refractivity contribution is 5.86. The van der Waals surface area contributed by atoms with Crippen LogP contribution in [0.15, 0.2) is 48.5 Å². The van der Waals surface area contributed by atoms with Crippen LogP contribution in [0.3, 0.4) is 0 Å². The molecule has 7 nitrogen and oxygen atoms in total. The van der Waals surface area contributed by atoms with Crippen molar-refractivity contribution < 1.29 is 24.2 Å². The third kappa shape index (κ3) is 4.26. The number of hydrogen-bond acceptors (Lipinski definition) is 4. The lowest BCUT2D eigenvalue weighted by molar-refractivity contribution is -0.140. The monoisotopic (exact) mass is 422 g/mol. The zero-order valence-corrected chi connectivity index (χ0v) is 17.4. The highest BCUT2D eigenvalue weighted by Crippen LogP contribution is 2.44. The van der Waals surface area contributed by atoms with Crippen LogP contribution in [-0.4, -0.2) is 53.2 Å². The Kier molecular flexibility index (Phi) is 5.93. The van der Waals surface area contributed by atoms with Crippen molar-refractivity contribution in [2.24, 2.45) is 0 Å². The Labute approximate surface area is 181 Å². The van der Waals surface area contributed by atoms with E-state index in [2.05, 4.69) is 17.4 Å². The zero-order chi connectivity index (χ0) is 22.0. The number of fused-ring (bicyclic) bond motifs is 3. The lowest BCUT2D eigenvalue weighted by Gasteiger charge is -2.27. The van der Waals surface area contributed by atoms with Crippen molar-refractivity contribution in [3.63, 3.8) is 0 Å². The molecule has 2 aliphatic rings. The van der Waals surface area contributed by atoms with Gasteiger partial charge in [0, 0.05) is 18.5 Å². The molecule has 1 heterocycles. The minimum Gasteiger partial charge on any atom is -0.481 e. The molecule has 1 aliphatic carbocycles. The number of nitrogens with zero attached hydrogens (tertiary/aromatic N) is 1. The van der Waals surface area contributed by atoms with Crippen molar-refractivity contribution in [3.05, 3.63) is 59.7 Å². The van der Waals surface area contributed by atoms with Crippen LogP contribution in [0.5, 0.6) is 0 Å². The highest BCUT2D eigenvalue weighted by Gasteiger charge is 2.34. The Morgan fingerprint density at radius 1 is 1.10 bits per heavy atom. The summed E-state index contributed by atoms with van der Waals surface area (Å²) < 4.78 is 5.50. The summed E-state index contributed by atoms with van der Waals surface area (Å²) in [6, 6.07) is 15.1. The first-order valence-corrected chi connectivity index (χ1v) is 10.6. The molecule has 0 aromatic heterocycles. The van der Waals surface area contributed by atoms with Crippen LogP contribution >= 0.6 is 0 Å². The van der Waals surface area contributed by atoms with E-state index in [1.165, 1.54) is 0 Å². The van der Waals surface area contributed by atoms with Crippen LogP contribution < -0.4 is 5.32 Å². The van der Waals surface area contributed by atoms with Gasteiger partial charge in [-0.3, -0.25) is 9.59 Å². The molecule has 2 amide bonds. The molecule has 162 valence electrons. The fraction of sp³-hybridized carbons (Fsp3) is 0.375. The van der Waals surface area contributed by atoms with Gasteiger partial charge < -0.3 is 20.1 Å². The maximum absolute atomic E-state index is 12.7. The van der Waals surface area contributed by atoms with E-state index in [9.17, 15) is 14.4 Å². The molecule has 0 spiro atoms. The van der Waals surface area contributed by atoms with E-state index in [1.54, 1.807) is 11.8 Å². The Hall–Kier alpha value is -3.35. The minimum atomic E-state index is -0.929. The van der Waals surface area contributed by atoms with Gasteiger partial charge in [-0.2, -0.15) is 0 Å². The molecule has 31 heavy (non-hydrogen) atoms. The normalized spacial score (nSPS) is 18.2. The van der Waals surface area contributed by atoms with Gasteiger partial charge in [0.05, 0.1) is 6.42 Å². The van der Waals surface area contributed by atoms with E-state index in [0.29, 0.717) is 13.0 Å². The number of alkyl carbamates (subject to hydrolysis) is 1. The lowest BCUT2D eigenvalue weighted by Crippen LogP contribution is -2.49. The van der Waals surface area contributed by atoms with Crippen LogP contribution in [0.1, 0.15) is 43.2 Å². The van der Waals surface area contributed by atoms with E-state index in [4.69, 9.17) is 9.84 Å². The zero-order valence-electron chi connectivity index (χ0n) is 17.4. The van der Waals surface area contributed by atoms with E-state index in [1.807, 2.05) is 36.4 Å². The first kappa shape index (κ1) is 20.9. The molecule has 2 atom stereocenters. The fourth-order valence-electron chi connectivity index (χ4n) is 4.67. The average molecular weight is 422 g/mol. The van der Waals surface area contributed by atoms with Gasteiger partial charge in [-0.25, -0.2) is 4.79 Å². The maximum atomic E-state index is 12.7. The summed E-state index contributed by atoms with van der Waals surface area (Å²) in [5.41, 5.74) is 4.53. The van der Waals surface area contributed by atoms with E-state index in [-0.39, 0.29) is 30.9 Å². The molecule has 0 saturated carbocycles. The second-order valence-electron chi connectivity index (χ2n) is 8.12. The standard InChI is InChI=1S/C24H26N2O5/c1-15(23(29)26-12-6-7-16(26)13-22(27)28)25-24(30)31-14-21-19-10-4-2-8-17(19)18-9-3-5-11-20(18)21/h2-5,8-11,15-16,21H,6-7,12-14H2,1H3,(H,25,30)(H,27,28)/t15-,16?/m0/s1. The number of carboxylic acids is 1. The van der Waals surface area contributed by atoms with Crippen molar-refractivity contribution in [2.75, 3.05) is 13.2 Å². The molecule has 2 aromatic carbocycles. The number of rotatable bonds is 6. The van der Waals surface area contributed by atoms with Gasteiger partial charge in [0.1, 0.15) is 12.6 Å². The molecule has 1 unspecified atom stereocenters. The van der Waals surface area contributed by atoms with Crippen LogP contribution in [0, 0.1) is 0 Å². The Bertz CT molecular complexity index is 959. The SMILES string of the molecule is C[C@H](NC(=O)OCC1c2ccccc2-c2ccccc21)C(=O)N1CCCC1CC(=O)O. The second-order valence-corrected chi connectivity index (χ2v) is 8.12. The first-order valence-electron chi connectivity index (χ1n) is 10.6. The first-order chi connectivity index (χ1) is 15.0. The maximum Gasteiger partial charge on any atom is 0.407 e. The molecule has 4 rings (SSSR count). The van der Waals surface area contributed by atoms with Gasteiger partial charge in [0.2, 0.25) is 5.91 Å². The summed E-state index contributed by atoms with van der Waals surface area (Å²) in [4.78, 5) is 37.7. The van der Waals surface area contributed by atoms with Crippen molar-refractivity contribution in [1.29, 1.82) is 0 Å². The van der Waals surface area contributed by atoms with E-state index in [0.717, 1.165) is 28.7 Å². The number of benzene rings is 2. The summed E-state index contributed by atoms with van der Waals surface area (Å²) in [6.45, 7) is 2.28. The van der Waals surface area contributed by atoms with Crippen LogP contribution in [-0.2, 0) is 14.3 Å². The topological polar surface area (TPSA) is 95.9 Å². The number of hydrogen-bond donors (Lipinski definition) is 2. The summed E-state index contributed by atoms with van der Waals surface area (Å²) >= 11 is 0. The van der Waals surface area contributed by atoms with Crippen molar-refractivity contribution in [3.8, 4) is 11.1 Å². The van der Waals surface area contributed by atoms with Crippen molar-refractivity contribution >= 4 is 18.0 Å². The molecule has 1 fully saturated rings. The Morgan fingerprint density at radius 2 is 1.71 bits per heavy atom. The van der Waals surface area contributed by atoms with Crippen LogP contribution in [0.25, 0.3) is 11.1 Å². The third-order valence-electron chi connectivity index (χ3n) is 6.12. The minimum absolute atomic E-state index is 0.0531. The van der Waals surface area contributed by atoms with Gasteiger partial charge in [0.15, 0.2) is 0 Å². The predicted molar refractivity (Wildman–Crippen MR) is 115 cm³/mol. The number of carboxylic acid groups (broad SMARTS) is 1. The number of nitrogens with one attached hydrogen (secondary N) is 1. The smallest absolute Gasteiger partial charge is 0.407 e. The summed E-state index contributed by atoms with van der Waals surface area (Å²) in [7, 11) is 0. The Balaban J connectivity index is 1.36. The number of amides is 2. The van der Waals surface area contributed by atoms with Crippen molar-refractivity contribution in [2.45, 2.75) is 44.2 Å². The van der Waals surface area contributed by atoms with Gasteiger partial charge in [-0.05, 0) is 42.0 Å². The summed E-state index contributed by atoms with van der Waals surface area (Å²) in [5.74, 6) is -1.26.